The Labute approximate surface area is 160 Å². The predicted octanol–water partition coefficient (Wildman–Crippen LogP) is 2.40. The Hall–Kier alpha value is -3.09. The third kappa shape index (κ3) is 5.45. The maximum atomic E-state index is 13.0. The number of halogens is 3. The molecular formula is C18H20F3N5O2. The largest absolute Gasteiger partial charge is 0.490 e. The van der Waals surface area contributed by atoms with Gasteiger partial charge >= 0.3 is 6.18 Å². The maximum Gasteiger partial charge on any atom is 0.417 e. The first-order valence-corrected chi connectivity index (χ1v) is 8.57. The Kier molecular flexibility index (Phi) is 6.98. The maximum absolute atomic E-state index is 13.0. The molecule has 0 aromatic heterocycles. The summed E-state index contributed by atoms with van der Waals surface area (Å²) in [7, 11) is 1.49. The number of alkyl halides is 3. The molecule has 0 radical (unpaired) electrons. The van der Waals surface area contributed by atoms with E-state index in [1.165, 1.54) is 25.4 Å². The SMILES string of the molecule is CN=CC(=NN)C(=O)NC1CCC(Oc2ccc(C#N)c(C(F)(F)F)c2)CC1. The van der Waals surface area contributed by atoms with Crippen molar-refractivity contribution in [2.75, 3.05) is 7.05 Å². The third-order valence-electron chi connectivity index (χ3n) is 4.35. The van der Waals surface area contributed by atoms with Gasteiger partial charge in [0, 0.05) is 13.1 Å². The van der Waals surface area contributed by atoms with Gasteiger partial charge in [-0.05, 0) is 43.9 Å². The Morgan fingerprint density at radius 2 is 2.04 bits per heavy atom. The number of hydrogen-bond donors (Lipinski definition) is 2. The fourth-order valence-electron chi connectivity index (χ4n) is 2.98. The smallest absolute Gasteiger partial charge is 0.417 e. The number of benzene rings is 1. The van der Waals surface area contributed by atoms with Crippen LogP contribution in [0.1, 0.15) is 36.8 Å². The van der Waals surface area contributed by atoms with E-state index in [2.05, 4.69) is 15.4 Å². The van der Waals surface area contributed by atoms with Crippen molar-refractivity contribution < 1.29 is 22.7 Å². The molecule has 1 aromatic carbocycles. The summed E-state index contributed by atoms with van der Waals surface area (Å²) in [5.74, 6) is 4.79. The highest BCUT2D eigenvalue weighted by atomic mass is 19.4. The number of nitrogens with two attached hydrogens (primary N) is 1. The van der Waals surface area contributed by atoms with E-state index in [0.717, 1.165) is 12.1 Å². The zero-order chi connectivity index (χ0) is 20.7. The summed E-state index contributed by atoms with van der Waals surface area (Å²) in [5, 5.41) is 15.0. The molecule has 2 rings (SSSR count). The number of nitrogens with one attached hydrogen (secondary N) is 1. The van der Waals surface area contributed by atoms with E-state index in [0.29, 0.717) is 25.7 Å². The zero-order valence-corrected chi connectivity index (χ0v) is 15.2. The predicted molar refractivity (Wildman–Crippen MR) is 97.0 cm³/mol. The first-order chi connectivity index (χ1) is 13.3. The van der Waals surface area contributed by atoms with Crippen molar-refractivity contribution in [2.24, 2.45) is 15.9 Å². The Bertz CT molecular complexity index is 806. The van der Waals surface area contributed by atoms with Crippen molar-refractivity contribution in [1.29, 1.82) is 5.26 Å². The molecule has 3 N–H and O–H groups in total. The first kappa shape index (κ1) is 21.2. The normalized spacial score (nSPS) is 20.6. The fourth-order valence-corrected chi connectivity index (χ4v) is 2.98. The van der Waals surface area contributed by atoms with Crippen molar-refractivity contribution >= 4 is 17.8 Å². The van der Waals surface area contributed by atoms with Gasteiger partial charge < -0.3 is 15.9 Å². The summed E-state index contributed by atoms with van der Waals surface area (Å²) in [4.78, 5) is 15.7. The van der Waals surface area contributed by atoms with Crippen molar-refractivity contribution in [1.82, 2.24) is 5.32 Å². The van der Waals surface area contributed by atoms with Crippen molar-refractivity contribution in [3.05, 3.63) is 29.3 Å². The van der Waals surface area contributed by atoms with Crippen LogP contribution >= 0.6 is 0 Å². The van der Waals surface area contributed by atoms with E-state index in [9.17, 15) is 18.0 Å². The van der Waals surface area contributed by atoms with Gasteiger partial charge in [0.1, 0.15) is 5.75 Å². The van der Waals surface area contributed by atoms with E-state index in [4.69, 9.17) is 15.8 Å². The van der Waals surface area contributed by atoms with Gasteiger partial charge in [-0.3, -0.25) is 9.79 Å². The van der Waals surface area contributed by atoms with Crippen LogP contribution in [-0.2, 0) is 11.0 Å². The van der Waals surface area contributed by atoms with Crippen LogP contribution in [0.4, 0.5) is 13.2 Å². The van der Waals surface area contributed by atoms with Crippen molar-refractivity contribution in [2.45, 2.75) is 44.0 Å². The molecule has 1 aliphatic carbocycles. The number of amides is 1. The molecule has 28 heavy (non-hydrogen) atoms. The van der Waals surface area contributed by atoms with Crippen LogP contribution in [0.25, 0.3) is 0 Å². The number of rotatable bonds is 5. The van der Waals surface area contributed by atoms with Crippen LogP contribution in [0.5, 0.6) is 5.75 Å². The lowest BCUT2D eigenvalue weighted by Crippen LogP contribution is -2.43. The van der Waals surface area contributed by atoms with E-state index in [1.54, 1.807) is 0 Å². The highest BCUT2D eigenvalue weighted by Gasteiger charge is 2.34. The number of aliphatic imine (C=N–C) groups is 1. The van der Waals surface area contributed by atoms with Gasteiger partial charge in [-0.2, -0.15) is 23.5 Å². The van der Waals surface area contributed by atoms with E-state index < -0.39 is 23.2 Å². The molecule has 1 saturated carbocycles. The number of nitrogens with zero attached hydrogens (tertiary/aromatic N) is 3. The number of ether oxygens (including phenoxy) is 1. The minimum absolute atomic E-state index is 0.0122. The topological polar surface area (TPSA) is 113 Å². The summed E-state index contributed by atoms with van der Waals surface area (Å²) < 4.78 is 44.8. The molecule has 0 aliphatic heterocycles. The molecular weight excluding hydrogens is 375 g/mol. The van der Waals surface area contributed by atoms with Crippen molar-refractivity contribution in [3.63, 3.8) is 0 Å². The van der Waals surface area contributed by atoms with Crippen LogP contribution in [0, 0.1) is 11.3 Å². The highest BCUT2D eigenvalue weighted by molar-refractivity contribution is 6.60. The lowest BCUT2D eigenvalue weighted by Gasteiger charge is -2.29. The average molecular weight is 395 g/mol. The molecule has 0 saturated heterocycles. The molecule has 0 unspecified atom stereocenters. The lowest BCUT2D eigenvalue weighted by atomic mass is 9.92. The molecule has 0 heterocycles. The summed E-state index contributed by atoms with van der Waals surface area (Å²) in [6, 6.07) is 4.73. The second-order valence-electron chi connectivity index (χ2n) is 6.28. The second-order valence-corrected chi connectivity index (χ2v) is 6.28. The lowest BCUT2D eigenvalue weighted by molar-refractivity contribution is -0.137. The van der Waals surface area contributed by atoms with Gasteiger partial charge in [-0.15, -0.1) is 0 Å². The number of hydrogen-bond acceptors (Lipinski definition) is 6. The average Bonchev–Trinajstić information content (AvgIpc) is 2.66. The molecule has 1 aliphatic rings. The summed E-state index contributed by atoms with van der Waals surface area (Å²) in [5.41, 5.74) is -1.45. The molecule has 150 valence electrons. The molecule has 1 amide bonds. The van der Waals surface area contributed by atoms with E-state index in [1.807, 2.05) is 0 Å². The van der Waals surface area contributed by atoms with Crippen LogP contribution in [-0.4, -0.2) is 37.0 Å². The van der Waals surface area contributed by atoms with E-state index in [-0.39, 0.29) is 23.6 Å². The number of carbonyl (C=O) groups is 1. The monoisotopic (exact) mass is 395 g/mol. The van der Waals surface area contributed by atoms with E-state index >= 15 is 0 Å². The molecule has 1 fully saturated rings. The number of carbonyl (C=O) groups excluding carboxylic acids is 1. The minimum atomic E-state index is -4.63. The second kappa shape index (κ2) is 9.21. The summed E-state index contributed by atoms with van der Waals surface area (Å²) in [6.07, 6.45) is -1.34. The first-order valence-electron chi connectivity index (χ1n) is 8.57. The number of hydrazone groups is 1. The number of nitriles is 1. The zero-order valence-electron chi connectivity index (χ0n) is 15.2. The van der Waals surface area contributed by atoms with Gasteiger partial charge in [0.2, 0.25) is 0 Å². The molecule has 1 aromatic rings. The summed E-state index contributed by atoms with van der Waals surface area (Å²) >= 11 is 0. The van der Waals surface area contributed by atoms with Gasteiger partial charge in [0.25, 0.3) is 5.91 Å². The quantitative estimate of drug-likeness (QED) is 0.453. The van der Waals surface area contributed by atoms with Gasteiger partial charge in [-0.25, -0.2) is 0 Å². The van der Waals surface area contributed by atoms with Crippen LogP contribution in [0.3, 0.4) is 0 Å². The van der Waals surface area contributed by atoms with Gasteiger partial charge in [0.15, 0.2) is 5.71 Å². The van der Waals surface area contributed by atoms with Crippen LogP contribution in [0.15, 0.2) is 28.3 Å². The van der Waals surface area contributed by atoms with Gasteiger partial charge in [-0.1, -0.05) is 0 Å². The molecule has 10 heteroatoms. The minimum Gasteiger partial charge on any atom is -0.490 e. The Balaban J connectivity index is 1.94. The van der Waals surface area contributed by atoms with Crippen LogP contribution in [0.2, 0.25) is 0 Å². The summed E-state index contributed by atoms with van der Waals surface area (Å²) in [6.45, 7) is 0. The molecule has 7 nitrogen and oxygen atoms in total. The fraction of sp³-hybridized carbons (Fsp3) is 0.444. The Morgan fingerprint density at radius 1 is 1.36 bits per heavy atom. The van der Waals surface area contributed by atoms with Crippen molar-refractivity contribution in [3.8, 4) is 11.8 Å². The standard InChI is InChI=1S/C18H20F3N5O2/c1-24-10-16(26-23)17(27)25-12-3-6-13(7-4-12)28-14-5-2-11(9-22)15(8-14)18(19,20)21/h2,5,8,10,12-13H,3-4,6-7,23H2,1H3,(H,25,27). The van der Waals surface area contributed by atoms with Gasteiger partial charge in [0.05, 0.1) is 29.5 Å². The highest BCUT2D eigenvalue weighted by Crippen LogP contribution is 2.35. The van der Waals surface area contributed by atoms with Crippen LogP contribution < -0.4 is 15.9 Å². The Morgan fingerprint density at radius 3 is 2.57 bits per heavy atom. The molecule has 0 spiro atoms. The third-order valence-corrected chi connectivity index (χ3v) is 4.35. The molecule has 0 bridgehead atoms. The molecule has 0 atom stereocenters.